The van der Waals surface area contributed by atoms with Crippen LogP contribution in [0.5, 0.6) is 11.5 Å². The van der Waals surface area contributed by atoms with Crippen molar-refractivity contribution in [2.75, 3.05) is 7.11 Å². The maximum absolute atomic E-state index is 12.6. The summed E-state index contributed by atoms with van der Waals surface area (Å²) in [5.74, 6) is 0.345. The van der Waals surface area contributed by atoms with Crippen LogP contribution in [0.3, 0.4) is 0 Å². The summed E-state index contributed by atoms with van der Waals surface area (Å²) in [5.41, 5.74) is 2.87. The molecule has 150 valence electrons. The number of hydrogen-bond donors (Lipinski definition) is 0. The first-order chi connectivity index (χ1) is 14.5. The highest BCUT2D eigenvalue weighted by Gasteiger charge is 2.15. The van der Waals surface area contributed by atoms with Crippen molar-refractivity contribution in [2.24, 2.45) is 0 Å². The monoisotopic (exact) mass is 400 g/mol. The van der Waals surface area contributed by atoms with Crippen LogP contribution in [0, 0.1) is 6.92 Å². The zero-order valence-corrected chi connectivity index (χ0v) is 16.7. The summed E-state index contributed by atoms with van der Waals surface area (Å²) in [6, 6.07) is 21.5. The Kier molecular flexibility index (Phi) is 5.35. The minimum absolute atomic E-state index is 0.300. The van der Waals surface area contributed by atoms with Gasteiger partial charge in [0.25, 0.3) is 0 Å². The summed E-state index contributed by atoms with van der Waals surface area (Å²) in [4.78, 5) is 25.0. The molecule has 0 amide bonds. The summed E-state index contributed by atoms with van der Waals surface area (Å²) in [6.45, 7) is 1.90. The molecule has 0 aliphatic carbocycles. The maximum Gasteiger partial charge on any atom is 0.343 e. The number of hydrogen-bond acceptors (Lipinski definition) is 5. The van der Waals surface area contributed by atoms with Crippen LogP contribution in [0.1, 0.15) is 27.0 Å². The molecule has 0 aliphatic heterocycles. The standard InChI is InChI=1S/C25H20O5/c1-16-21-12-11-20(29-24(26)18-9-6-10-19(14-18)28-2)15-23(21)30-25(27)22(16)13-17-7-4-3-5-8-17/h3-12,14-15H,13H2,1-2H3. The van der Waals surface area contributed by atoms with Crippen molar-refractivity contribution < 1.29 is 18.7 Å². The second kappa shape index (κ2) is 8.25. The number of fused-ring (bicyclic) bond motifs is 1. The third-order valence-electron chi connectivity index (χ3n) is 5.00. The number of esters is 1. The normalized spacial score (nSPS) is 10.7. The molecule has 5 heteroatoms. The van der Waals surface area contributed by atoms with E-state index in [2.05, 4.69) is 0 Å². The second-order valence-corrected chi connectivity index (χ2v) is 6.93. The fourth-order valence-electron chi connectivity index (χ4n) is 3.36. The van der Waals surface area contributed by atoms with Gasteiger partial charge in [-0.1, -0.05) is 36.4 Å². The van der Waals surface area contributed by atoms with E-state index in [1.165, 1.54) is 7.11 Å². The van der Waals surface area contributed by atoms with Gasteiger partial charge < -0.3 is 13.9 Å². The molecule has 0 unspecified atom stereocenters. The van der Waals surface area contributed by atoms with E-state index in [9.17, 15) is 9.59 Å². The van der Waals surface area contributed by atoms with Gasteiger partial charge >= 0.3 is 11.6 Å². The lowest BCUT2D eigenvalue weighted by molar-refractivity contribution is 0.0734. The Bertz CT molecular complexity index is 1270. The molecule has 0 atom stereocenters. The quantitative estimate of drug-likeness (QED) is 0.270. The van der Waals surface area contributed by atoms with Crippen molar-refractivity contribution in [3.8, 4) is 11.5 Å². The minimum Gasteiger partial charge on any atom is -0.497 e. The number of ether oxygens (including phenoxy) is 2. The first-order valence-electron chi connectivity index (χ1n) is 9.51. The lowest BCUT2D eigenvalue weighted by atomic mass is 10.00. The van der Waals surface area contributed by atoms with Gasteiger partial charge in [-0.15, -0.1) is 0 Å². The Labute approximate surface area is 173 Å². The lowest BCUT2D eigenvalue weighted by Crippen LogP contribution is -2.11. The Morgan fingerprint density at radius 1 is 0.933 bits per heavy atom. The molecule has 1 heterocycles. The van der Waals surface area contributed by atoms with Gasteiger partial charge in [-0.05, 0) is 48.4 Å². The van der Waals surface area contributed by atoms with Crippen LogP contribution in [-0.4, -0.2) is 13.1 Å². The van der Waals surface area contributed by atoms with Crippen LogP contribution in [0.2, 0.25) is 0 Å². The van der Waals surface area contributed by atoms with Crippen LogP contribution in [-0.2, 0) is 6.42 Å². The fourth-order valence-corrected chi connectivity index (χ4v) is 3.36. The Morgan fingerprint density at radius 3 is 2.50 bits per heavy atom. The molecule has 0 aliphatic rings. The molecule has 0 saturated heterocycles. The highest BCUT2D eigenvalue weighted by atomic mass is 16.5. The summed E-state index contributed by atoms with van der Waals surface area (Å²) in [6.07, 6.45) is 0.498. The van der Waals surface area contributed by atoms with Crippen LogP contribution in [0.4, 0.5) is 0 Å². The summed E-state index contributed by atoms with van der Waals surface area (Å²) in [7, 11) is 1.53. The second-order valence-electron chi connectivity index (χ2n) is 6.93. The van der Waals surface area contributed by atoms with E-state index < -0.39 is 5.97 Å². The summed E-state index contributed by atoms with van der Waals surface area (Å²) < 4.78 is 16.1. The van der Waals surface area contributed by atoms with E-state index in [-0.39, 0.29) is 5.63 Å². The van der Waals surface area contributed by atoms with Crippen molar-refractivity contribution in [3.63, 3.8) is 0 Å². The zero-order chi connectivity index (χ0) is 21.1. The minimum atomic E-state index is -0.520. The highest BCUT2D eigenvalue weighted by molar-refractivity contribution is 5.92. The van der Waals surface area contributed by atoms with Gasteiger partial charge in [0.2, 0.25) is 0 Å². The van der Waals surface area contributed by atoms with Crippen molar-refractivity contribution >= 4 is 16.9 Å². The predicted octanol–water partition coefficient (Wildman–Crippen LogP) is 4.92. The van der Waals surface area contributed by atoms with Crippen LogP contribution >= 0.6 is 0 Å². The molecule has 30 heavy (non-hydrogen) atoms. The molecule has 0 bridgehead atoms. The molecule has 5 nitrogen and oxygen atoms in total. The Balaban J connectivity index is 1.64. The molecule has 0 saturated carbocycles. The smallest absolute Gasteiger partial charge is 0.343 e. The van der Waals surface area contributed by atoms with E-state index in [4.69, 9.17) is 13.9 Å². The van der Waals surface area contributed by atoms with Gasteiger partial charge in [-0.25, -0.2) is 9.59 Å². The molecular formula is C25H20O5. The van der Waals surface area contributed by atoms with E-state index in [0.29, 0.717) is 34.6 Å². The highest BCUT2D eigenvalue weighted by Crippen LogP contribution is 2.26. The molecule has 1 aromatic heterocycles. The van der Waals surface area contributed by atoms with Gasteiger partial charge in [0.15, 0.2) is 0 Å². The number of rotatable bonds is 5. The summed E-state index contributed by atoms with van der Waals surface area (Å²) >= 11 is 0. The first-order valence-corrected chi connectivity index (χ1v) is 9.51. The molecule has 0 spiro atoms. The SMILES string of the molecule is COc1cccc(C(=O)Oc2ccc3c(C)c(Cc4ccccc4)c(=O)oc3c2)c1. The zero-order valence-electron chi connectivity index (χ0n) is 16.7. The van der Waals surface area contributed by atoms with Gasteiger partial charge in [-0.2, -0.15) is 0 Å². The third-order valence-corrected chi connectivity index (χ3v) is 5.00. The molecule has 0 fully saturated rings. The average molecular weight is 400 g/mol. The maximum atomic E-state index is 12.6. The molecule has 0 radical (unpaired) electrons. The van der Waals surface area contributed by atoms with Gasteiger partial charge in [-0.3, -0.25) is 0 Å². The topological polar surface area (TPSA) is 65.7 Å². The van der Waals surface area contributed by atoms with Crippen molar-refractivity contribution in [3.05, 3.63) is 105 Å². The van der Waals surface area contributed by atoms with Crippen molar-refractivity contribution in [2.45, 2.75) is 13.3 Å². The van der Waals surface area contributed by atoms with Gasteiger partial charge in [0, 0.05) is 23.4 Å². The average Bonchev–Trinajstić information content (AvgIpc) is 2.77. The van der Waals surface area contributed by atoms with E-state index in [1.807, 2.05) is 37.3 Å². The number of benzene rings is 3. The van der Waals surface area contributed by atoms with Crippen LogP contribution < -0.4 is 15.1 Å². The van der Waals surface area contributed by atoms with Crippen LogP contribution in [0.15, 0.2) is 82.0 Å². The van der Waals surface area contributed by atoms with Gasteiger partial charge in [0.05, 0.1) is 12.7 Å². The molecule has 3 aromatic carbocycles. The molecular weight excluding hydrogens is 380 g/mol. The van der Waals surface area contributed by atoms with E-state index >= 15 is 0 Å². The first kappa shape index (κ1) is 19.5. The van der Waals surface area contributed by atoms with Crippen molar-refractivity contribution in [1.29, 1.82) is 0 Å². The number of aryl methyl sites for hydroxylation is 1. The number of carbonyl (C=O) groups is 1. The fraction of sp³-hybridized carbons (Fsp3) is 0.120. The Morgan fingerprint density at radius 2 is 1.73 bits per heavy atom. The van der Waals surface area contributed by atoms with E-state index in [0.717, 1.165) is 16.5 Å². The molecule has 4 rings (SSSR count). The number of carbonyl (C=O) groups excluding carboxylic acids is 1. The number of methoxy groups -OCH3 is 1. The molecule has 0 N–H and O–H groups in total. The summed E-state index contributed by atoms with van der Waals surface area (Å²) in [5, 5.41) is 0.807. The third kappa shape index (κ3) is 3.96. The van der Waals surface area contributed by atoms with E-state index in [1.54, 1.807) is 42.5 Å². The van der Waals surface area contributed by atoms with Crippen molar-refractivity contribution in [1.82, 2.24) is 0 Å². The molecule has 4 aromatic rings. The Hall–Kier alpha value is -3.86. The lowest BCUT2D eigenvalue weighted by Gasteiger charge is -2.10. The largest absolute Gasteiger partial charge is 0.497 e. The van der Waals surface area contributed by atoms with Gasteiger partial charge in [0.1, 0.15) is 17.1 Å². The van der Waals surface area contributed by atoms with Crippen LogP contribution in [0.25, 0.3) is 11.0 Å². The predicted molar refractivity (Wildman–Crippen MR) is 114 cm³/mol.